The van der Waals surface area contributed by atoms with Crippen LogP contribution in [0.15, 0.2) is 42.6 Å². The van der Waals surface area contributed by atoms with Crippen LogP contribution in [-0.2, 0) is 14.8 Å². The summed E-state index contributed by atoms with van der Waals surface area (Å²) < 4.78 is 44.1. The van der Waals surface area contributed by atoms with Crippen molar-refractivity contribution in [2.75, 3.05) is 17.6 Å². The lowest BCUT2D eigenvalue weighted by atomic mass is 10.0. The van der Waals surface area contributed by atoms with Crippen LogP contribution in [0.5, 0.6) is 11.6 Å². The molecular formula is C19H22FN3O4S. The van der Waals surface area contributed by atoms with E-state index in [1.54, 1.807) is 12.1 Å². The summed E-state index contributed by atoms with van der Waals surface area (Å²) in [6.45, 7) is 3.98. The van der Waals surface area contributed by atoms with Crippen molar-refractivity contribution in [1.29, 1.82) is 0 Å². The van der Waals surface area contributed by atoms with Crippen LogP contribution in [0.3, 0.4) is 0 Å². The van der Waals surface area contributed by atoms with Gasteiger partial charge in [0.25, 0.3) is 0 Å². The molecule has 1 aromatic heterocycles. The van der Waals surface area contributed by atoms with Crippen LogP contribution >= 0.6 is 0 Å². The fraction of sp³-hybridized carbons (Fsp3) is 0.368. The number of amides is 1. The van der Waals surface area contributed by atoms with E-state index >= 15 is 0 Å². The molecule has 0 bridgehead atoms. The molecule has 1 unspecified atom stereocenters. The first-order valence-corrected chi connectivity index (χ1v) is 10.6. The van der Waals surface area contributed by atoms with Crippen molar-refractivity contribution in [2.45, 2.75) is 26.3 Å². The molecular weight excluding hydrogens is 385 g/mol. The Balaban J connectivity index is 1.68. The van der Waals surface area contributed by atoms with Gasteiger partial charge in [0.2, 0.25) is 21.8 Å². The molecule has 2 heterocycles. The Bertz CT molecular complexity index is 931. The zero-order chi connectivity index (χ0) is 20.3. The predicted octanol–water partition coefficient (Wildman–Crippen LogP) is 3.01. The van der Waals surface area contributed by atoms with Gasteiger partial charge in [0, 0.05) is 12.6 Å². The summed E-state index contributed by atoms with van der Waals surface area (Å²) in [5.41, 5.74) is 0.429. The SMILES string of the molecule is CC(C)C(C(=O)Nc1ccc(Oc2ccc(F)cc2)nc1)N1CCCS1(=O)=O. The number of rotatable bonds is 6. The second-order valence-corrected chi connectivity index (χ2v) is 8.94. The van der Waals surface area contributed by atoms with Gasteiger partial charge < -0.3 is 10.1 Å². The Kier molecular flexibility index (Phi) is 5.95. The van der Waals surface area contributed by atoms with Gasteiger partial charge in [-0.05, 0) is 42.7 Å². The minimum atomic E-state index is -3.40. The van der Waals surface area contributed by atoms with Crippen LogP contribution in [0.4, 0.5) is 10.1 Å². The Morgan fingerprint density at radius 1 is 1.21 bits per heavy atom. The molecule has 1 aliphatic heterocycles. The number of hydrogen-bond donors (Lipinski definition) is 1. The van der Waals surface area contributed by atoms with Gasteiger partial charge in [0.1, 0.15) is 17.6 Å². The fourth-order valence-corrected chi connectivity index (χ4v) is 4.91. The average molecular weight is 407 g/mol. The summed E-state index contributed by atoms with van der Waals surface area (Å²) in [5.74, 6) is -0.146. The largest absolute Gasteiger partial charge is 0.439 e. The van der Waals surface area contributed by atoms with Crippen LogP contribution < -0.4 is 10.1 Å². The summed E-state index contributed by atoms with van der Waals surface area (Å²) in [4.78, 5) is 16.8. The number of hydrogen-bond acceptors (Lipinski definition) is 5. The van der Waals surface area contributed by atoms with E-state index in [-0.39, 0.29) is 23.4 Å². The van der Waals surface area contributed by atoms with Gasteiger partial charge in [0.05, 0.1) is 17.6 Å². The first kappa shape index (κ1) is 20.2. The molecule has 0 saturated carbocycles. The summed E-state index contributed by atoms with van der Waals surface area (Å²) in [6.07, 6.45) is 1.95. The zero-order valence-electron chi connectivity index (χ0n) is 15.6. The van der Waals surface area contributed by atoms with Crippen molar-refractivity contribution in [3.05, 3.63) is 48.4 Å². The molecule has 7 nitrogen and oxygen atoms in total. The quantitative estimate of drug-likeness (QED) is 0.795. The van der Waals surface area contributed by atoms with Gasteiger partial charge >= 0.3 is 0 Å². The number of halogens is 1. The third-order valence-electron chi connectivity index (χ3n) is 4.39. The number of benzene rings is 1. The van der Waals surface area contributed by atoms with Crippen LogP contribution in [0.25, 0.3) is 0 Å². The number of aromatic nitrogens is 1. The number of anilines is 1. The summed E-state index contributed by atoms with van der Waals surface area (Å²) in [5, 5.41) is 2.72. The van der Waals surface area contributed by atoms with Gasteiger partial charge in [0.15, 0.2) is 0 Å². The number of sulfonamides is 1. The molecule has 1 fully saturated rings. The highest BCUT2D eigenvalue weighted by Gasteiger charge is 2.39. The molecule has 9 heteroatoms. The van der Waals surface area contributed by atoms with E-state index < -0.39 is 22.0 Å². The van der Waals surface area contributed by atoms with Crippen LogP contribution in [0.2, 0.25) is 0 Å². The minimum absolute atomic E-state index is 0.0699. The smallest absolute Gasteiger partial charge is 0.243 e. The normalized spacial score (nSPS) is 17.4. The number of nitrogens with one attached hydrogen (secondary N) is 1. The van der Waals surface area contributed by atoms with Crippen LogP contribution in [-0.4, -0.2) is 42.0 Å². The molecule has 1 atom stereocenters. The number of ether oxygens (including phenoxy) is 1. The lowest BCUT2D eigenvalue weighted by molar-refractivity contribution is -0.120. The van der Waals surface area contributed by atoms with Crippen molar-refractivity contribution in [1.82, 2.24) is 9.29 Å². The molecule has 0 aliphatic carbocycles. The number of nitrogens with zero attached hydrogens (tertiary/aromatic N) is 2. The molecule has 3 rings (SSSR count). The second-order valence-electron chi connectivity index (χ2n) is 6.90. The lowest BCUT2D eigenvalue weighted by Crippen LogP contribution is -2.48. The Hall–Kier alpha value is -2.52. The first-order chi connectivity index (χ1) is 13.3. The molecule has 150 valence electrons. The average Bonchev–Trinajstić information content (AvgIpc) is 2.97. The maximum Gasteiger partial charge on any atom is 0.243 e. The van der Waals surface area contributed by atoms with Crippen molar-refractivity contribution < 1.29 is 22.3 Å². The highest BCUT2D eigenvalue weighted by Crippen LogP contribution is 2.24. The molecule has 1 N–H and O–H groups in total. The number of pyridine rings is 1. The lowest BCUT2D eigenvalue weighted by Gasteiger charge is -2.28. The van der Waals surface area contributed by atoms with E-state index in [1.165, 1.54) is 34.8 Å². The van der Waals surface area contributed by atoms with E-state index in [1.807, 2.05) is 13.8 Å². The van der Waals surface area contributed by atoms with E-state index in [2.05, 4.69) is 10.3 Å². The number of carbonyl (C=O) groups is 1. The topological polar surface area (TPSA) is 88.6 Å². The van der Waals surface area contributed by atoms with Gasteiger partial charge in [-0.15, -0.1) is 0 Å². The Morgan fingerprint density at radius 3 is 2.46 bits per heavy atom. The van der Waals surface area contributed by atoms with Gasteiger partial charge in [-0.1, -0.05) is 13.8 Å². The minimum Gasteiger partial charge on any atom is -0.439 e. The van der Waals surface area contributed by atoms with Crippen molar-refractivity contribution in [2.24, 2.45) is 5.92 Å². The standard InChI is InChI=1S/C19H22FN3O4S/c1-13(2)18(23-10-3-11-28(23,25)26)19(24)22-15-6-9-17(21-12-15)27-16-7-4-14(20)5-8-16/h4-9,12-13,18H,3,10-11H2,1-2H3,(H,22,24). The molecule has 0 radical (unpaired) electrons. The predicted molar refractivity (Wildman–Crippen MR) is 103 cm³/mol. The molecule has 1 saturated heterocycles. The summed E-state index contributed by atoms with van der Waals surface area (Å²) in [6, 6.07) is 7.93. The zero-order valence-corrected chi connectivity index (χ0v) is 16.4. The molecule has 1 aromatic carbocycles. The van der Waals surface area contributed by atoms with Gasteiger partial charge in [-0.3, -0.25) is 4.79 Å². The summed E-state index contributed by atoms with van der Waals surface area (Å²) >= 11 is 0. The third-order valence-corrected chi connectivity index (χ3v) is 6.32. The maximum absolute atomic E-state index is 12.9. The Morgan fingerprint density at radius 2 is 1.93 bits per heavy atom. The van der Waals surface area contributed by atoms with Gasteiger partial charge in [-0.25, -0.2) is 17.8 Å². The maximum atomic E-state index is 12.9. The highest BCUT2D eigenvalue weighted by atomic mass is 32.2. The fourth-order valence-electron chi connectivity index (χ4n) is 3.09. The van der Waals surface area contributed by atoms with Crippen molar-refractivity contribution in [3.8, 4) is 11.6 Å². The van der Waals surface area contributed by atoms with E-state index in [0.29, 0.717) is 24.4 Å². The Labute approximate surface area is 163 Å². The molecule has 2 aromatic rings. The monoisotopic (exact) mass is 407 g/mol. The molecule has 1 aliphatic rings. The molecule has 28 heavy (non-hydrogen) atoms. The van der Waals surface area contributed by atoms with Gasteiger partial charge in [-0.2, -0.15) is 4.31 Å². The van der Waals surface area contributed by atoms with E-state index in [4.69, 9.17) is 4.74 Å². The third kappa shape index (κ3) is 4.66. The van der Waals surface area contributed by atoms with Crippen LogP contribution in [0.1, 0.15) is 20.3 Å². The first-order valence-electron chi connectivity index (χ1n) is 8.96. The molecule has 0 spiro atoms. The highest BCUT2D eigenvalue weighted by molar-refractivity contribution is 7.89. The van der Waals surface area contributed by atoms with Crippen molar-refractivity contribution >= 4 is 21.6 Å². The summed E-state index contributed by atoms with van der Waals surface area (Å²) in [7, 11) is -3.40. The second kappa shape index (κ2) is 8.24. The van der Waals surface area contributed by atoms with Crippen molar-refractivity contribution in [3.63, 3.8) is 0 Å². The number of carbonyl (C=O) groups excluding carboxylic acids is 1. The molecule has 1 amide bonds. The van der Waals surface area contributed by atoms with E-state index in [9.17, 15) is 17.6 Å². The van der Waals surface area contributed by atoms with E-state index in [0.717, 1.165) is 0 Å². The van der Waals surface area contributed by atoms with Crippen LogP contribution in [0, 0.1) is 11.7 Å².